The first-order chi connectivity index (χ1) is 12.2. The summed E-state index contributed by atoms with van der Waals surface area (Å²) >= 11 is 0. The van der Waals surface area contributed by atoms with Crippen LogP contribution >= 0.6 is 0 Å². The molecule has 1 aliphatic rings. The van der Waals surface area contributed by atoms with Crippen LogP contribution in [0.3, 0.4) is 0 Å². The van der Waals surface area contributed by atoms with E-state index in [4.69, 9.17) is 0 Å². The molecule has 0 bridgehead atoms. The molecule has 0 radical (unpaired) electrons. The molecule has 4 rings (SSSR count). The number of hydrogen-bond acceptors (Lipinski definition) is 4. The molecular weight excluding hydrogens is 316 g/mol. The Morgan fingerprint density at radius 2 is 2.04 bits per heavy atom. The van der Waals surface area contributed by atoms with Gasteiger partial charge in [-0.3, -0.25) is 9.48 Å². The molecule has 25 heavy (non-hydrogen) atoms. The summed E-state index contributed by atoms with van der Waals surface area (Å²) in [6.07, 6.45) is 3.84. The Kier molecular flexibility index (Phi) is 4.05. The number of amides is 1. The van der Waals surface area contributed by atoms with Crippen molar-refractivity contribution in [2.75, 3.05) is 13.1 Å². The Balaban J connectivity index is 1.58. The molecule has 1 saturated heterocycles. The van der Waals surface area contributed by atoms with Crippen LogP contribution in [0.25, 0.3) is 11.3 Å². The first-order valence-electron chi connectivity index (χ1n) is 8.47. The molecule has 1 unspecified atom stereocenters. The summed E-state index contributed by atoms with van der Waals surface area (Å²) in [7, 11) is 1.95. The van der Waals surface area contributed by atoms with Gasteiger partial charge in [-0.25, -0.2) is 0 Å². The van der Waals surface area contributed by atoms with Crippen molar-refractivity contribution in [1.29, 1.82) is 0 Å². The average molecular weight is 336 g/mol. The van der Waals surface area contributed by atoms with Gasteiger partial charge in [0.2, 0.25) is 0 Å². The number of piperidine rings is 1. The molecule has 128 valence electrons. The van der Waals surface area contributed by atoms with E-state index < -0.39 is 0 Å². The number of nitrogens with one attached hydrogen (secondary N) is 1. The highest BCUT2D eigenvalue weighted by molar-refractivity contribution is 5.98. The van der Waals surface area contributed by atoms with Crippen LogP contribution in [0.1, 0.15) is 34.9 Å². The van der Waals surface area contributed by atoms with Crippen molar-refractivity contribution < 1.29 is 4.79 Å². The van der Waals surface area contributed by atoms with Gasteiger partial charge in [-0.1, -0.05) is 30.3 Å². The summed E-state index contributed by atoms with van der Waals surface area (Å²) in [4.78, 5) is 14.9. The molecule has 3 heterocycles. The SMILES string of the molecule is Cn1nccc1C1CCCN(C(=O)c2n[nH]nc2-c2ccccc2)C1. The van der Waals surface area contributed by atoms with Crippen LogP contribution in [0.4, 0.5) is 0 Å². The first kappa shape index (κ1) is 15.6. The fraction of sp³-hybridized carbons (Fsp3) is 0.333. The number of aromatic nitrogens is 5. The lowest BCUT2D eigenvalue weighted by Gasteiger charge is -2.32. The van der Waals surface area contributed by atoms with Crippen molar-refractivity contribution in [3.8, 4) is 11.3 Å². The number of H-pyrrole nitrogens is 1. The van der Waals surface area contributed by atoms with Crippen molar-refractivity contribution in [1.82, 2.24) is 30.1 Å². The smallest absolute Gasteiger partial charge is 0.276 e. The number of rotatable bonds is 3. The lowest BCUT2D eigenvalue weighted by Crippen LogP contribution is -2.40. The van der Waals surface area contributed by atoms with E-state index in [0.29, 0.717) is 23.9 Å². The summed E-state index contributed by atoms with van der Waals surface area (Å²) in [5.74, 6) is 0.233. The third-order valence-electron chi connectivity index (χ3n) is 4.78. The number of benzene rings is 1. The molecule has 1 N–H and O–H groups in total. The van der Waals surface area contributed by atoms with E-state index in [0.717, 1.165) is 24.9 Å². The lowest BCUT2D eigenvalue weighted by atomic mass is 9.94. The van der Waals surface area contributed by atoms with Gasteiger partial charge in [0.05, 0.1) is 0 Å². The van der Waals surface area contributed by atoms with Gasteiger partial charge in [-0.05, 0) is 18.9 Å². The van der Waals surface area contributed by atoms with Crippen LogP contribution in [0.15, 0.2) is 42.6 Å². The molecule has 2 aromatic heterocycles. The summed E-state index contributed by atoms with van der Waals surface area (Å²) in [6.45, 7) is 1.42. The minimum Gasteiger partial charge on any atom is -0.337 e. The van der Waals surface area contributed by atoms with E-state index >= 15 is 0 Å². The molecule has 0 saturated carbocycles. The largest absolute Gasteiger partial charge is 0.337 e. The zero-order valence-corrected chi connectivity index (χ0v) is 14.1. The predicted octanol–water partition coefficient (Wildman–Crippen LogP) is 2.23. The van der Waals surface area contributed by atoms with E-state index in [2.05, 4.69) is 20.5 Å². The first-order valence-corrected chi connectivity index (χ1v) is 8.47. The number of carbonyl (C=O) groups is 1. The van der Waals surface area contributed by atoms with E-state index in [9.17, 15) is 4.79 Å². The second-order valence-electron chi connectivity index (χ2n) is 6.36. The Morgan fingerprint density at radius 3 is 2.80 bits per heavy atom. The predicted molar refractivity (Wildman–Crippen MR) is 92.9 cm³/mol. The Morgan fingerprint density at radius 1 is 1.20 bits per heavy atom. The molecule has 3 aromatic rings. The molecule has 1 atom stereocenters. The number of hydrogen-bond donors (Lipinski definition) is 1. The van der Waals surface area contributed by atoms with Gasteiger partial charge in [0.1, 0.15) is 5.69 Å². The maximum atomic E-state index is 13.0. The summed E-state index contributed by atoms with van der Waals surface area (Å²) in [6, 6.07) is 11.7. The highest BCUT2D eigenvalue weighted by Crippen LogP contribution is 2.28. The second kappa shape index (κ2) is 6.51. The Labute approximate surface area is 145 Å². The van der Waals surface area contributed by atoms with Gasteiger partial charge >= 0.3 is 0 Å². The standard InChI is InChI=1S/C18H20N6O/c1-23-15(9-10-19-23)14-8-5-11-24(12-14)18(25)17-16(20-22-21-17)13-6-3-2-4-7-13/h2-4,6-7,9-10,14H,5,8,11-12H2,1H3,(H,20,21,22). The third-order valence-corrected chi connectivity index (χ3v) is 4.78. The number of carbonyl (C=O) groups excluding carboxylic acids is 1. The van der Waals surface area contributed by atoms with Crippen molar-refractivity contribution in [2.24, 2.45) is 7.05 Å². The fourth-order valence-corrected chi connectivity index (χ4v) is 3.51. The van der Waals surface area contributed by atoms with Gasteiger partial charge in [0.15, 0.2) is 5.69 Å². The van der Waals surface area contributed by atoms with Gasteiger partial charge in [-0.2, -0.15) is 20.5 Å². The highest BCUT2D eigenvalue weighted by atomic mass is 16.2. The lowest BCUT2D eigenvalue weighted by molar-refractivity contribution is 0.0699. The van der Waals surface area contributed by atoms with E-state index in [-0.39, 0.29) is 5.91 Å². The highest BCUT2D eigenvalue weighted by Gasteiger charge is 2.30. The van der Waals surface area contributed by atoms with Gasteiger partial charge < -0.3 is 4.90 Å². The molecule has 0 spiro atoms. The second-order valence-corrected chi connectivity index (χ2v) is 6.36. The topological polar surface area (TPSA) is 79.7 Å². The minimum atomic E-state index is -0.0699. The van der Waals surface area contributed by atoms with Gasteiger partial charge in [0.25, 0.3) is 5.91 Å². The molecular formula is C18H20N6O. The van der Waals surface area contributed by atoms with E-state index in [1.54, 1.807) is 6.20 Å². The van der Waals surface area contributed by atoms with Crippen molar-refractivity contribution >= 4 is 5.91 Å². The molecule has 7 heteroatoms. The normalized spacial score (nSPS) is 17.6. The zero-order chi connectivity index (χ0) is 17.2. The number of nitrogens with zero attached hydrogens (tertiary/aromatic N) is 5. The average Bonchev–Trinajstić information content (AvgIpc) is 3.31. The van der Waals surface area contributed by atoms with Crippen molar-refractivity contribution in [2.45, 2.75) is 18.8 Å². The van der Waals surface area contributed by atoms with Gasteiger partial charge in [-0.15, -0.1) is 0 Å². The van der Waals surface area contributed by atoms with Crippen LogP contribution in [0, 0.1) is 0 Å². The van der Waals surface area contributed by atoms with Gasteiger partial charge in [0, 0.05) is 43.5 Å². The molecule has 1 aliphatic heterocycles. The number of aryl methyl sites for hydroxylation is 1. The monoisotopic (exact) mass is 336 g/mol. The maximum Gasteiger partial charge on any atom is 0.276 e. The third kappa shape index (κ3) is 2.93. The summed E-state index contributed by atoms with van der Waals surface area (Å²) < 4.78 is 1.89. The van der Waals surface area contributed by atoms with Crippen LogP contribution < -0.4 is 0 Å². The quantitative estimate of drug-likeness (QED) is 0.795. The Bertz CT molecular complexity index is 869. The molecule has 1 fully saturated rings. The fourth-order valence-electron chi connectivity index (χ4n) is 3.51. The minimum absolute atomic E-state index is 0.0699. The van der Waals surface area contributed by atoms with E-state index in [1.807, 2.05) is 53.0 Å². The molecule has 7 nitrogen and oxygen atoms in total. The van der Waals surface area contributed by atoms with Crippen molar-refractivity contribution in [3.63, 3.8) is 0 Å². The Hall–Kier alpha value is -2.96. The van der Waals surface area contributed by atoms with Crippen LogP contribution in [-0.2, 0) is 7.05 Å². The van der Waals surface area contributed by atoms with Crippen LogP contribution in [0.2, 0.25) is 0 Å². The number of aromatic amines is 1. The molecule has 1 aromatic carbocycles. The maximum absolute atomic E-state index is 13.0. The molecule has 1 amide bonds. The number of likely N-dealkylation sites (tertiary alicyclic amines) is 1. The summed E-state index contributed by atoms with van der Waals surface area (Å²) in [5.41, 5.74) is 3.05. The van der Waals surface area contributed by atoms with Crippen LogP contribution in [-0.4, -0.2) is 49.1 Å². The molecule has 0 aliphatic carbocycles. The van der Waals surface area contributed by atoms with E-state index in [1.165, 1.54) is 5.69 Å². The van der Waals surface area contributed by atoms with Crippen LogP contribution in [0.5, 0.6) is 0 Å². The summed E-state index contributed by atoms with van der Waals surface area (Å²) in [5, 5.41) is 15.2. The zero-order valence-electron chi connectivity index (χ0n) is 14.1. The van der Waals surface area contributed by atoms with Crippen molar-refractivity contribution in [3.05, 3.63) is 54.0 Å².